The first-order valence-electron chi connectivity index (χ1n) is 6.12. The largest absolute Gasteiger partial charge is 0.396 e. The molecule has 0 fully saturated rings. The summed E-state index contributed by atoms with van der Waals surface area (Å²) in [4.78, 5) is 11.6. The van der Waals surface area contributed by atoms with Crippen molar-refractivity contribution in [3.05, 3.63) is 18.0 Å². The lowest BCUT2D eigenvalue weighted by Gasteiger charge is -2.21. The zero-order valence-electron chi connectivity index (χ0n) is 12.1. The van der Waals surface area contributed by atoms with E-state index in [0.29, 0.717) is 0 Å². The second-order valence-corrected chi connectivity index (χ2v) is 7.16. The number of aromatic nitrogens is 1. The Labute approximate surface area is 119 Å². The Kier molecular flexibility index (Phi) is 4.95. The van der Waals surface area contributed by atoms with Crippen LogP contribution in [0.1, 0.15) is 24.3 Å². The Bertz CT molecular complexity index is 590. The smallest absolute Gasteiger partial charge is 0.267 e. The zero-order chi connectivity index (χ0) is 15.6. The van der Waals surface area contributed by atoms with Gasteiger partial charge in [-0.25, -0.2) is 13.1 Å². The van der Waals surface area contributed by atoms with Gasteiger partial charge in [0.25, 0.3) is 5.91 Å². The highest BCUT2D eigenvalue weighted by molar-refractivity contribution is 7.89. The van der Waals surface area contributed by atoms with Crippen molar-refractivity contribution in [1.29, 1.82) is 0 Å². The molecule has 0 spiro atoms. The molecule has 20 heavy (non-hydrogen) atoms. The minimum atomic E-state index is -3.71. The van der Waals surface area contributed by atoms with Crippen LogP contribution in [0.15, 0.2) is 17.2 Å². The molecule has 0 saturated heterocycles. The van der Waals surface area contributed by atoms with Crippen LogP contribution in [-0.2, 0) is 17.1 Å². The number of sulfonamides is 1. The summed E-state index contributed by atoms with van der Waals surface area (Å²) in [6.45, 7) is 3.47. The van der Waals surface area contributed by atoms with Crippen LogP contribution in [0.4, 0.5) is 0 Å². The fourth-order valence-electron chi connectivity index (χ4n) is 1.46. The van der Waals surface area contributed by atoms with Gasteiger partial charge in [0.05, 0.1) is 0 Å². The van der Waals surface area contributed by atoms with Gasteiger partial charge in [0.15, 0.2) is 0 Å². The molecule has 0 radical (unpaired) electrons. The lowest BCUT2D eigenvalue weighted by Crippen LogP contribution is -2.35. The highest BCUT2D eigenvalue weighted by Crippen LogP contribution is 2.16. The zero-order valence-corrected chi connectivity index (χ0v) is 12.9. The topological polar surface area (TPSA) is 100 Å². The molecule has 0 atom stereocenters. The number of hydrogen-bond donors (Lipinski definition) is 3. The van der Waals surface area contributed by atoms with E-state index < -0.39 is 15.4 Å². The Hall–Kier alpha value is -1.38. The summed E-state index contributed by atoms with van der Waals surface area (Å²) in [5.74, 6) is -0.357. The van der Waals surface area contributed by atoms with Gasteiger partial charge >= 0.3 is 0 Å². The van der Waals surface area contributed by atoms with Crippen LogP contribution in [0.25, 0.3) is 0 Å². The Morgan fingerprint density at radius 2 is 2.05 bits per heavy atom. The average Bonchev–Trinajstić information content (AvgIpc) is 2.79. The number of carbonyl (C=O) groups excluding carboxylic acids is 1. The molecule has 0 aromatic carbocycles. The van der Waals surface area contributed by atoms with Crippen LogP contribution in [0.2, 0.25) is 0 Å². The number of aliphatic hydroxyl groups excluding tert-OH is 1. The number of carbonyl (C=O) groups is 1. The summed E-state index contributed by atoms with van der Waals surface area (Å²) in [5.41, 5.74) is -0.292. The van der Waals surface area contributed by atoms with E-state index in [1.807, 2.05) is 0 Å². The molecule has 1 amide bonds. The number of hydrogen-bond acceptors (Lipinski definition) is 4. The quantitative estimate of drug-likeness (QED) is 0.670. The molecule has 1 aromatic rings. The molecule has 0 aliphatic rings. The summed E-state index contributed by atoms with van der Waals surface area (Å²) < 4.78 is 28.1. The average molecular weight is 303 g/mol. The van der Waals surface area contributed by atoms with Gasteiger partial charge in [-0.15, -0.1) is 0 Å². The molecule has 8 heteroatoms. The van der Waals surface area contributed by atoms with Crippen molar-refractivity contribution in [1.82, 2.24) is 14.6 Å². The third-order valence-electron chi connectivity index (χ3n) is 2.92. The fourth-order valence-corrected chi connectivity index (χ4v) is 2.78. The first kappa shape index (κ1) is 16.7. The van der Waals surface area contributed by atoms with Crippen LogP contribution in [0, 0.1) is 5.41 Å². The molecule has 3 N–H and O–H groups in total. The molecule has 7 nitrogen and oxygen atoms in total. The van der Waals surface area contributed by atoms with Crippen molar-refractivity contribution < 1.29 is 18.3 Å². The van der Waals surface area contributed by atoms with Crippen molar-refractivity contribution in [3.8, 4) is 0 Å². The van der Waals surface area contributed by atoms with Gasteiger partial charge in [0, 0.05) is 38.9 Å². The van der Waals surface area contributed by atoms with Gasteiger partial charge in [-0.3, -0.25) is 4.79 Å². The predicted molar refractivity (Wildman–Crippen MR) is 74.9 cm³/mol. The third kappa shape index (κ3) is 3.81. The maximum Gasteiger partial charge on any atom is 0.267 e. The maximum atomic E-state index is 12.1. The van der Waals surface area contributed by atoms with Crippen molar-refractivity contribution in [2.75, 3.05) is 20.2 Å². The first-order valence-corrected chi connectivity index (χ1v) is 7.60. The lowest BCUT2D eigenvalue weighted by molar-refractivity contribution is 0.0955. The van der Waals surface area contributed by atoms with E-state index in [9.17, 15) is 13.2 Å². The van der Waals surface area contributed by atoms with Crippen molar-refractivity contribution >= 4 is 15.9 Å². The van der Waals surface area contributed by atoms with Gasteiger partial charge < -0.3 is 15.0 Å². The predicted octanol–water partition coefficient (Wildman–Crippen LogP) is -0.318. The summed E-state index contributed by atoms with van der Waals surface area (Å²) in [5, 5.41) is 11.6. The molecule has 0 aliphatic heterocycles. The van der Waals surface area contributed by atoms with Crippen molar-refractivity contribution in [3.63, 3.8) is 0 Å². The van der Waals surface area contributed by atoms with Crippen molar-refractivity contribution in [2.24, 2.45) is 12.5 Å². The molecule has 1 rings (SSSR count). The number of rotatable bonds is 6. The number of amides is 1. The van der Waals surface area contributed by atoms with Crippen LogP contribution in [0.5, 0.6) is 0 Å². The number of aliphatic hydroxyl groups is 1. The summed E-state index contributed by atoms with van der Waals surface area (Å²) in [6.07, 6.45) is 1.37. The van der Waals surface area contributed by atoms with E-state index >= 15 is 0 Å². The van der Waals surface area contributed by atoms with Gasteiger partial charge in [0.2, 0.25) is 10.0 Å². The van der Waals surface area contributed by atoms with Gasteiger partial charge in [-0.05, 0) is 6.07 Å². The van der Waals surface area contributed by atoms with E-state index in [2.05, 4.69) is 10.0 Å². The second kappa shape index (κ2) is 5.94. The van der Waals surface area contributed by atoms with Crippen LogP contribution < -0.4 is 10.0 Å². The third-order valence-corrected chi connectivity index (χ3v) is 4.29. The molecule has 0 aliphatic carbocycles. The van der Waals surface area contributed by atoms with Gasteiger partial charge in [-0.2, -0.15) is 0 Å². The first-order chi connectivity index (χ1) is 9.13. The van der Waals surface area contributed by atoms with Crippen LogP contribution in [0.3, 0.4) is 0 Å². The Morgan fingerprint density at radius 1 is 1.45 bits per heavy atom. The molecular formula is C12H21N3O4S. The number of nitrogens with one attached hydrogen (secondary N) is 2. The summed E-state index contributed by atoms with van der Waals surface area (Å²) in [7, 11) is -0.633. The standard InChI is InChI=1S/C12H21N3O4S/c1-12(2,8-16)7-14-20(18,19)9-5-10(11(17)13-3)15(4)6-9/h5-6,14,16H,7-8H2,1-4H3,(H,13,17). The second-order valence-electron chi connectivity index (χ2n) is 5.40. The number of aryl methyl sites for hydroxylation is 1. The van der Waals surface area contributed by atoms with E-state index in [4.69, 9.17) is 5.11 Å². The molecule has 1 heterocycles. The number of nitrogens with zero attached hydrogens (tertiary/aromatic N) is 1. The van der Waals surface area contributed by atoms with Crippen molar-refractivity contribution in [2.45, 2.75) is 18.7 Å². The Balaban J connectivity index is 2.97. The molecule has 114 valence electrons. The molecule has 0 unspecified atom stereocenters. The van der Waals surface area contributed by atoms with E-state index in [1.165, 1.54) is 23.9 Å². The fraction of sp³-hybridized carbons (Fsp3) is 0.583. The minimum absolute atomic E-state index is 0.0207. The maximum absolute atomic E-state index is 12.1. The molecule has 0 bridgehead atoms. The highest BCUT2D eigenvalue weighted by atomic mass is 32.2. The van der Waals surface area contributed by atoms with E-state index in [-0.39, 0.29) is 29.6 Å². The highest BCUT2D eigenvalue weighted by Gasteiger charge is 2.24. The monoisotopic (exact) mass is 303 g/mol. The van der Waals surface area contributed by atoms with E-state index in [1.54, 1.807) is 20.9 Å². The van der Waals surface area contributed by atoms with E-state index in [0.717, 1.165) is 0 Å². The molecular weight excluding hydrogens is 282 g/mol. The normalized spacial score (nSPS) is 12.4. The minimum Gasteiger partial charge on any atom is -0.396 e. The van der Waals surface area contributed by atoms with Gasteiger partial charge in [-0.1, -0.05) is 13.8 Å². The summed E-state index contributed by atoms with van der Waals surface area (Å²) in [6, 6.07) is 1.31. The van der Waals surface area contributed by atoms with Crippen LogP contribution >= 0.6 is 0 Å². The lowest BCUT2D eigenvalue weighted by atomic mass is 9.96. The SMILES string of the molecule is CNC(=O)c1cc(S(=O)(=O)NCC(C)(C)CO)cn1C. The molecule has 0 saturated carbocycles. The van der Waals surface area contributed by atoms with Gasteiger partial charge in [0.1, 0.15) is 10.6 Å². The van der Waals surface area contributed by atoms with Crippen LogP contribution in [-0.4, -0.2) is 44.2 Å². The Morgan fingerprint density at radius 3 is 2.55 bits per heavy atom. The molecule has 1 aromatic heterocycles. The summed E-state index contributed by atoms with van der Waals surface area (Å²) >= 11 is 0.